The maximum absolute atomic E-state index is 12.5. The van der Waals surface area contributed by atoms with Gasteiger partial charge in [0.15, 0.2) is 11.5 Å². The first kappa shape index (κ1) is 23.6. The number of hydrogen-bond donors (Lipinski definition) is 1. The van der Waals surface area contributed by atoms with Gasteiger partial charge in [0.05, 0.1) is 29.4 Å². The molecule has 0 fully saturated rings. The number of carbonyl (C=O) groups excluding carboxylic acids is 1. The van der Waals surface area contributed by atoms with Gasteiger partial charge >= 0.3 is 0 Å². The van der Waals surface area contributed by atoms with Crippen LogP contribution in [0, 0.1) is 11.3 Å². The van der Waals surface area contributed by atoms with Crippen molar-refractivity contribution < 1.29 is 14.3 Å². The summed E-state index contributed by atoms with van der Waals surface area (Å²) in [5.41, 5.74) is 0.870. The number of methoxy groups -OCH3 is 1. The molecule has 0 bridgehead atoms. The van der Waals surface area contributed by atoms with E-state index in [9.17, 15) is 10.1 Å². The molecule has 2 aromatic carbocycles. The summed E-state index contributed by atoms with van der Waals surface area (Å²) in [5, 5.41) is 12.8. The second-order valence-corrected chi connectivity index (χ2v) is 7.36. The quantitative estimate of drug-likeness (QED) is 0.256. The van der Waals surface area contributed by atoms with Gasteiger partial charge in [0.25, 0.3) is 5.91 Å². The van der Waals surface area contributed by atoms with E-state index in [-0.39, 0.29) is 5.57 Å². The minimum Gasteiger partial charge on any atom is -0.493 e. The number of anilines is 1. The largest absolute Gasteiger partial charge is 0.493 e. The van der Waals surface area contributed by atoms with Crippen molar-refractivity contribution in [2.24, 2.45) is 0 Å². The number of carbonyl (C=O) groups is 1. The van der Waals surface area contributed by atoms with E-state index in [1.165, 1.54) is 13.2 Å². The maximum Gasteiger partial charge on any atom is 0.266 e. The lowest BCUT2D eigenvalue weighted by Gasteiger charge is -2.13. The maximum atomic E-state index is 12.5. The smallest absolute Gasteiger partial charge is 0.266 e. The van der Waals surface area contributed by atoms with Crippen molar-refractivity contribution in [2.75, 3.05) is 19.0 Å². The third kappa shape index (κ3) is 6.69. The third-order valence-corrected chi connectivity index (χ3v) is 4.90. The fraction of sp³-hybridized carbons (Fsp3) is 0.304. The van der Waals surface area contributed by atoms with E-state index in [0.717, 1.165) is 25.7 Å². The summed E-state index contributed by atoms with van der Waals surface area (Å²) in [6.45, 7) is 2.69. The van der Waals surface area contributed by atoms with Crippen molar-refractivity contribution in [3.05, 3.63) is 57.6 Å². The van der Waals surface area contributed by atoms with Crippen LogP contribution in [0.25, 0.3) is 6.08 Å². The predicted molar refractivity (Wildman–Crippen MR) is 121 cm³/mol. The molecule has 0 atom stereocenters. The molecule has 0 aromatic heterocycles. The Kier molecular flexibility index (Phi) is 9.53. The number of nitrogens with one attached hydrogen (secondary N) is 1. The summed E-state index contributed by atoms with van der Waals surface area (Å²) >= 11 is 12.4. The second-order valence-electron chi connectivity index (χ2n) is 6.55. The van der Waals surface area contributed by atoms with Crippen LogP contribution in [0.4, 0.5) is 5.69 Å². The molecule has 0 radical (unpaired) electrons. The van der Waals surface area contributed by atoms with Crippen molar-refractivity contribution >= 4 is 40.9 Å². The molecule has 0 unspecified atom stereocenters. The molecule has 7 heteroatoms. The predicted octanol–water partition coefficient (Wildman–Crippen LogP) is 6.51. The number of amides is 1. The minimum atomic E-state index is -0.572. The Hall–Kier alpha value is -2.68. The van der Waals surface area contributed by atoms with Gasteiger partial charge in [-0.15, -0.1) is 0 Å². The van der Waals surface area contributed by atoms with Gasteiger partial charge in [-0.05, 0) is 42.3 Å². The standard InChI is InChI=1S/C23H24Cl2N2O3/c1-3-4-5-8-11-30-22-19(25)13-16(14-21(22)29-2)12-17(15-26)23(28)27-20-10-7-6-9-18(20)24/h6-7,9-10,12-14H,3-5,8,11H2,1-2H3,(H,27,28)/b17-12+. The van der Waals surface area contributed by atoms with Crippen molar-refractivity contribution in [1.82, 2.24) is 0 Å². The van der Waals surface area contributed by atoms with E-state index in [4.69, 9.17) is 32.7 Å². The van der Waals surface area contributed by atoms with E-state index in [0.29, 0.717) is 39.4 Å². The van der Waals surface area contributed by atoms with Gasteiger partial charge in [0, 0.05) is 0 Å². The van der Waals surface area contributed by atoms with Gasteiger partial charge in [-0.25, -0.2) is 0 Å². The number of hydrogen-bond acceptors (Lipinski definition) is 4. The van der Waals surface area contributed by atoms with E-state index >= 15 is 0 Å². The van der Waals surface area contributed by atoms with Crippen LogP contribution < -0.4 is 14.8 Å². The molecule has 30 heavy (non-hydrogen) atoms. The van der Waals surface area contributed by atoms with Crippen LogP contribution in [-0.2, 0) is 4.79 Å². The summed E-state index contributed by atoms with van der Waals surface area (Å²) in [4.78, 5) is 12.5. The molecule has 1 N–H and O–H groups in total. The van der Waals surface area contributed by atoms with Crippen molar-refractivity contribution in [3.8, 4) is 17.6 Å². The summed E-state index contributed by atoms with van der Waals surface area (Å²) in [7, 11) is 1.51. The molecule has 0 aliphatic heterocycles. The van der Waals surface area contributed by atoms with Gasteiger partial charge in [-0.1, -0.05) is 61.5 Å². The SMILES string of the molecule is CCCCCCOc1c(Cl)cc(/C=C(\C#N)C(=O)Nc2ccccc2Cl)cc1OC. The number of halogens is 2. The Labute approximate surface area is 187 Å². The number of benzene rings is 2. The molecule has 0 heterocycles. The lowest BCUT2D eigenvalue weighted by Crippen LogP contribution is -2.13. The van der Waals surface area contributed by atoms with Crippen molar-refractivity contribution in [3.63, 3.8) is 0 Å². The highest BCUT2D eigenvalue weighted by Gasteiger charge is 2.15. The summed E-state index contributed by atoms with van der Waals surface area (Å²) < 4.78 is 11.2. The molecule has 5 nitrogen and oxygen atoms in total. The highest BCUT2D eigenvalue weighted by atomic mass is 35.5. The lowest BCUT2D eigenvalue weighted by molar-refractivity contribution is -0.112. The molecule has 1 amide bonds. The first-order valence-electron chi connectivity index (χ1n) is 9.68. The molecular formula is C23H24Cl2N2O3. The molecule has 0 saturated heterocycles. The Balaban J connectivity index is 2.19. The average Bonchev–Trinajstić information content (AvgIpc) is 2.74. The molecule has 158 valence electrons. The van der Waals surface area contributed by atoms with E-state index in [1.54, 1.807) is 36.4 Å². The summed E-state index contributed by atoms with van der Waals surface area (Å²) in [6, 6.07) is 12.0. The van der Waals surface area contributed by atoms with Crippen molar-refractivity contribution in [2.45, 2.75) is 32.6 Å². The molecular weight excluding hydrogens is 423 g/mol. The van der Waals surface area contributed by atoms with Crippen LogP contribution in [0.5, 0.6) is 11.5 Å². The first-order chi connectivity index (χ1) is 14.5. The van der Waals surface area contributed by atoms with E-state index in [2.05, 4.69) is 12.2 Å². The molecule has 0 aliphatic rings. The molecule has 2 rings (SSSR count). The molecule has 0 aliphatic carbocycles. The first-order valence-corrected chi connectivity index (χ1v) is 10.4. The Morgan fingerprint density at radius 1 is 1.17 bits per heavy atom. The molecule has 0 saturated carbocycles. The van der Waals surface area contributed by atoms with Gasteiger partial charge in [-0.2, -0.15) is 5.26 Å². The molecule has 2 aromatic rings. The zero-order valence-electron chi connectivity index (χ0n) is 17.0. The fourth-order valence-electron chi connectivity index (χ4n) is 2.73. The molecule has 0 spiro atoms. The van der Waals surface area contributed by atoms with Crippen LogP contribution in [0.2, 0.25) is 10.0 Å². The zero-order chi connectivity index (χ0) is 21.9. The summed E-state index contributed by atoms with van der Waals surface area (Å²) in [6.07, 6.45) is 5.76. The van der Waals surface area contributed by atoms with Crippen LogP contribution in [0.15, 0.2) is 42.0 Å². The number of nitrogens with zero attached hydrogens (tertiary/aromatic N) is 1. The second kappa shape index (κ2) is 12.1. The number of rotatable bonds is 10. The average molecular weight is 447 g/mol. The fourth-order valence-corrected chi connectivity index (χ4v) is 3.19. The van der Waals surface area contributed by atoms with Gasteiger partial charge in [-0.3, -0.25) is 4.79 Å². The number of para-hydroxylation sites is 1. The van der Waals surface area contributed by atoms with Gasteiger partial charge in [0.2, 0.25) is 0 Å². The monoisotopic (exact) mass is 446 g/mol. The highest BCUT2D eigenvalue weighted by Crippen LogP contribution is 2.37. The van der Waals surface area contributed by atoms with Crippen molar-refractivity contribution in [1.29, 1.82) is 5.26 Å². The van der Waals surface area contributed by atoms with Crippen LogP contribution in [0.1, 0.15) is 38.2 Å². The van der Waals surface area contributed by atoms with E-state index < -0.39 is 5.91 Å². The van der Waals surface area contributed by atoms with Crippen LogP contribution >= 0.6 is 23.2 Å². The van der Waals surface area contributed by atoms with Crippen LogP contribution in [-0.4, -0.2) is 19.6 Å². The Morgan fingerprint density at radius 2 is 1.93 bits per heavy atom. The summed E-state index contributed by atoms with van der Waals surface area (Å²) in [5.74, 6) is 0.317. The minimum absolute atomic E-state index is 0.0960. The van der Waals surface area contributed by atoms with Crippen LogP contribution in [0.3, 0.4) is 0 Å². The third-order valence-electron chi connectivity index (χ3n) is 4.29. The number of nitriles is 1. The number of ether oxygens (including phenoxy) is 2. The highest BCUT2D eigenvalue weighted by molar-refractivity contribution is 6.34. The number of unbranched alkanes of at least 4 members (excludes halogenated alkanes) is 3. The normalized spacial score (nSPS) is 11.0. The van der Waals surface area contributed by atoms with E-state index in [1.807, 2.05) is 6.07 Å². The Morgan fingerprint density at radius 3 is 2.60 bits per heavy atom. The lowest BCUT2D eigenvalue weighted by atomic mass is 10.1. The topological polar surface area (TPSA) is 71.3 Å². The van der Waals surface area contributed by atoms with Gasteiger partial charge < -0.3 is 14.8 Å². The zero-order valence-corrected chi connectivity index (χ0v) is 18.5. The Bertz CT molecular complexity index is 952. The van der Waals surface area contributed by atoms with Gasteiger partial charge in [0.1, 0.15) is 11.6 Å².